The summed E-state index contributed by atoms with van der Waals surface area (Å²) in [5, 5.41) is 1.79. The molecule has 0 saturated heterocycles. The minimum absolute atomic E-state index is 0.255. The number of benzene rings is 1. The first-order valence-corrected chi connectivity index (χ1v) is 5.89. The summed E-state index contributed by atoms with van der Waals surface area (Å²) in [6, 6.07) is 6.79. The van der Waals surface area contributed by atoms with Crippen LogP contribution in [0.2, 0.25) is 0 Å². The molecule has 4 nitrogen and oxygen atoms in total. The van der Waals surface area contributed by atoms with E-state index in [9.17, 15) is 8.42 Å². The van der Waals surface area contributed by atoms with Crippen LogP contribution in [0.25, 0.3) is 10.8 Å². The van der Waals surface area contributed by atoms with Crippen molar-refractivity contribution < 1.29 is 8.42 Å². The van der Waals surface area contributed by atoms with Crippen LogP contribution in [-0.2, 0) is 10.0 Å². The predicted octanol–water partition coefficient (Wildman–Crippen LogP) is 1.14. The van der Waals surface area contributed by atoms with Crippen molar-refractivity contribution in [1.29, 1.82) is 0 Å². The SMILES string of the molecule is CNS(=O)(=O)c1ccc2ccncc2c1. The Balaban J connectivity index is 2.67. The average Bonchev–Trinajstić information content (AvgIpc) is 2.28. The normalized spacial score (nSPS) is 11.8. The Morgan fingerprint density at radius 2 is 2.00 bits per heavy atom. The molecule has 15 heavy (non-hydrogen) atoms. The van der Waals surface area contributed by atoms with Crippen LogP contribution in [0, 0.1) is 0 Å². The minimum Gasteiger partial charge on any atom is -0.264 e. The molecule has 0 atom stereocenters. The Morgan fingerprint density at radius 1 is 1.20 bits per heavy atom. The molecule has 1 heterocycles. The van der Waals surface area contributed by atoms with Crippen molar-refractivity contribution in [3.8, 4) is 0 Å². The highest BCUT2D eigenvalue weighted by Crippen LogP contribution is 2.17. The molecule has 2 rings (SSSR count). The van der Waals surface area contributed by atoms with E-state index < -0.39 is 10.0 Å². The second kappa shape index (κ2) is 3.60. The third kappa shape index (κ3) is 1.84. The van der Waals surface area contributed by atoms with Gasteiger partial charge in [-0.1, -0.05) is 6.07 Å². The largest absolute Gasteiger partial charge is 0.264 e. The Bertz CT molecular complexity index is 593. The van der Waals surface area contributed by atoms with Gasteiger partial charge >= 0.3 is 0 Å². The Kier molecular flexibility index (Phi) is 2.42. The molecule has 2 aromatic rings. The van der Waals surface area contributed by atoms with Crippen LogP contribution in [0.15, 0.2) is 41.6 Å². The maximum atomic E-state index is 11.5. The molecule has 0 radical (unpaired) electrons. The highest BCUT2D eigenvalue weighted by Gasteiger charge is 2.10. The zero-order valence-corrected chi connectivity index (χ0v) is 8.95. The monoisotopic (exact) mass is 222 g/mol. The molecule has 5 heteroatoms. The molecule has 0 fully saturated rings. The third-order valence-corrected chi connectivity index (χ3v) is 3.60. The van der Waals surface area contributed by atoms with Gasteiger partial charge in [-0.15, -0.1) is 0 Å². The first kappa shape index (κ1) is 10.1. The van der Waals surface area contributed by atoms with E-state index in [1.165, 1.54) is 7.05 Å². The number of sulfonamides is 1. The van der Waals surface area contributed by atoms with Gasteiger partial charge in [-0.3, -0.25) is 4.98 Å². The lowest BCUT2D eigenvalue weighted by Crippen LogP contribution is -2.18. The fourth-order valence-electron chi connectivity index (χ4n) is 1.35. The van der Waals surface area contributed by atoms with Gasteiger partial charge in [0.2, 0.25) is 10.0 Å². The number of rotatable bonds is 2. The van der Waals surface area contributed by atoms with Crippen LogP contribution in [-0.4, -0.2) is 20.4 Å². The van der Waals surface area contributed by atoms with E-state index in [-0.39, 0.29) is 4.90 Å². The van der Waals surface area contributed by atoms with Gasteiger partial charge in [0, 0.05) is 17.8 Å². The molecular formula is C10H10N2O2S. The van der Waals surface area contributed by atoms with E-state index in [0.29, 0.717) is 0 Å². The fourth-order valence-corrected chi connectivity index (χ4v) is 2.11. The van der Waals surface area contributed by atoms with E-state index in [1.807, 2.05) is 6.07 Å². The first-order valence-electron chi connectivity index (χ1n) is 4.41. The number of hydrogen-bond acceptors (Lipinski definition) is 3. The molecular weight excluding hydrogens is 212 g/mol. The van der Waals surface area contributed by atoms with Gasteiger partial charge in [0.15, 0.2) is 0 Å². The molecule has 1 aromatic carbocycles. The van der Waals surface area contributed by atoms with Crippen LogP contribution in [0.4, 0.5) is 0 Å². The Hall–Kier alpha value is -1.46. The van der Waals surface area contributed by atoms with Crippen molar-refractivity contribution in [2.24, 2.45) is 0 Å². The Labute approximate surface area is 88.0 Å². The Morgan fingerprint density at radius 3 is 2.73 bits per heavy atom. The maximum absolute atomic E-state index is 11.5. The van der Waals surface area contributed by atoms with Gasteiger partial charge in [0.25, 0.3) is 0 Å². The summed E-state index contributed by atoms with van der Waals surface area (Å²) >= 11 is 0. The third-order valence-electron chi connectivity index (χ3n) is 2.19. The second-order valence-electron chi connectivity index (χ2n) is 3.09. The number of nitrogens with zero attached hydrogens (tertiary/aromatic N) is 1. The number of nitrogens with one attached hydrogen (secondary N) is 1. The highest BCUT2D eigenvalue weighted by molar-refractivity contribution is 7.89. The summed E-state index contributed by atoms with van der Waals surface area (Å²) in [6.07, 6.45) is 3.32. The van der Waals surface area contributed by atoms with Gasteiger partial charge in [0.05, 0.1) is 4.90 Å². The number of aromatic nitrogens is 1. The van der Waals surface area contributed by atoms with Crippen LogP contribution >= 0.6 is 0 Å². The number of pyridine rings is 1. The zero-order valence-electron chi connectivity index (χ0n) is 8.14. The molecule has 0 saturated carbocycles. The summed E-state index contributed by atoms with van der Waals surface area (Å²) in [7, 11) is -1.98. The molecule has 78 valence electrons. The van der Waals surface area contributed by atoms with Gasteiger partial charge in [0.1, 0.15) is 0 Å². The van der Waals surface area contributed by atoms with E-state index in [2.05, 4.69) is 9.71 Å². The van der Waals surface area contributed by atoms with Crippen molar-refractivity contribution in [3.63, 3.8) is 0 Å². The lowest BCUT2D eigenvalue weighted by molar-refractivity contribution is 0.588. The van der Waals surface area contributed by atoms with Gasteiger partial charge in [-0.25, -0.2) is 13.1 Å². The van der Waals surface area contributed by atoms with Crippen LogP contribution < -0.4 is 4.72 Å². The minimum atomic E-state index is -3.37. The zero-order chi connectivity index (χ0) is 10.9. The molecule has 1 aromatic heterocycles. The molecule has 0 aliphatic rings. The lowest BCUT2D eigenvalue weighted by Gasteiger charge is -2.03. The first-order chi connectivity index (χ1) is 7.13. The van der Waals surface area contributed by atoms with Crippen molar-refractivity contribution in [2.75, 3.05) is 7.05 Å². The molecule has 0 unspecified atom stereocenters. The van der Waals surface area contributed by atoms with E-state index in [1.54, 1.807) is 30.6 Å². The van der Waals surface area contributed by atoms with Crippen molar-refractivity contribution >= 4 is 20.8 Å². The van der Waals surface area contributed by atoms with Crippen molar-refractivity contribution in [1.82, 2.24) is 9.71 Å². The summed E-state index contributed by atoms with van der Waals surface area (Å²) in [4.78, 5) is 4.20. The highest BCUT2D eigenvalue weighted by atomic mass is 32.2. The smallest absolute Gasteiger partial charge is 0.240 e. The van der Waals surface area contributed by atoms with Crippen molar-refractivity contribution in [3.05, 3.63) is 36.7 Å². The standard InChI is InChI=1S/C10H10N2O2S/c1-11-15(13,14)10-3-2-8-4-5-12-7-9(8)6-10/h2-7,11H,1H3. The molecule has 0 aliphatic carbocycles. The van der Waals surface area contributed by atoms with E-state index in [4.69, 9.17) is 0 Å². The van der Waals surface area contributed by atoms with Crippen LogP contribution in [0.5, 0.6) is 0 Å². The maximum Gasteiger partial charge on any atom is 0.240 e. The number of hydrogen-bond donors (Lipinski definition) is 1. The molecule has 0 bridgehead atoms. The second-order valence-corrected chi connectivity index (χ2v) is 4.98. The number of fused-ring (bicyclic) bond motifs is 1. The molecule has 0 aliphatic heterocycles. The van der Waals surface area contributed by atoms with Gasteiger partial charge in [-0.2, -0.15) is 0 Å². The summed E-state index contributed by atoms with van der Waals surface area (Å²) in [5.41, 5.74) is 0. The summed E-state index contributed by atoms with van der Waals surface area (Å²) in [6.45, 7) is 0. The molecule has 0 amide bonds. The predicted molar refractivity (Wildman–Crippen MR) is 58.0 cm³/mol. The lowest BCUT2D eigenvalue weighted by atomic mass is 10.2. The topological polar surface area (TPSA) is 59.1 Å². The van der Waals surface area contributed by atoms with Gasteiger partial charge in [-0.05, 0) is 30.6 Å². The summed E-state index contributed by atoms with van der Waals surface area (Å²) in [5.74, 6) is 0. The van der Waals surface area contributed by atoms with Crippen LogP contribution in [0.3, 0.4) is 0 Å². The average molecular weight is 222 g/mol. The van der Waals surface area contributed by atoms with E-state index in [0.717, 1.165) is 10.8 Å². The summed E-state index contributed by atoms with van der Waals surface area (Å²) < 4.78 is 25.3. The van der Waals surface area contributed by atoms with Crippen molar-refractivity contribution in [2.45, 2.75) is 4.90 Å². The molecule has 0 spiro atoms. The molecule has 1 N–H and O–H groups in total. The van der Waals surface area contributed by atoms with Gasteiger partial charge < -0.3 is 0 Å². The fraction of sp³-hybridized carbons (Fsp3) is 0.100. The van der Waals surface area contributed by atoms with E-state index >= 15 is 0 Å². The quantitative estimate of drug-likeness (QED) is 0.829. The van der Waals surface area contributed by atoms with Crippen LogP contribution in [0.1, 0.15) is 0 Å².